The highest BCUT2D eigenvalue weighted by atomic mass is 16.6. The molecule has 1 amide bonds. The maximum atomic E-state index is 11.3. The predicted molar refractivity (Wildman–Crippen MR) is 102 cm³/mol. The Labute approximate surface area is 158 Å². The first-order chi connectivity index (χ1) is 13.1. The van der Waals surface area contributed by atoms with Gasteiger partial charge in [0.25, 0.3) is 0 Å². The number of amides is 1. The van der Waals surface area contributed by atoms with Crippen LogP contribution in [0.1, 0.15) is 28.3 Å². The second-order valence-electron chi connectivity index (χ2n) is 6.21. The molecule has 0 bridgehead atoms. The lowest BCUT2D eigenvalue weighted by atomic mass is 9.96. The van der Waals surface area contributed by atoms with Crippen molar-refractivity contribution in [1.82, 2.24) is 5.06 Å². The number of ether oxygens (including phenoxy) is 1. The maximum absolute atomic E-state index is 11.3. The van der Waals surface area contributed by atoms with Gasteiger partial charge in [-0.05, 0) is 40.8 Å². The van der Waals surface area contributed by atoms with Crippen molar-refractivity contribution in [1.29, 1.82) is 0 Å². The van der Waals surface area contributed by atoms with Crippen molar-refractivity contribution in [3.05, 3.63) is 101 Å². The Bertz CT molecular complexity index is 876. The monoisotopic (exact) mass is 363 g/mol. The minimum absolute atomic E-state index is 0.341. The minimum Gasteiger partial charge on any atom is -0.497 e. The molecular formula is C22H21NO4. The van der Waals surface area contributed by atoms with Crippen molar-refractivity contribution in [2.45, 2.75) is 12.5 Å². The molecule has 0 heterocycles. The van der Waals surface area contributed by atoms with Crippen molar-refractivity contribution in [2.24, 2.45) is 0 Å². The second-order valence-corrected chi connectivity index (χ2v) is 6.21. The Hall–Kier alpha value is -3.31. The lowest BCUT2D eigenvalue weighted by Crippen LogP contribution is -2.31. The van der Waals surface area contributed by atoms with Gasteiger partial charge in [0.1, 0.15) is 11.8 Å². The fourth-order valence-corrected chi connectivity index (χ4v) is 3.02. The lowest BCUT2D eigenvalue weighted by Gasteiger charge is -2.24. The topological polar surface area (TPSA) is 70.0 Å². The molecule has 0 spiro atoms. The molecule has 0 aliphatic heterocycles. The third kappa shape index (κ3) is 4.46. The van der Waals surface area contributed by atoms with Gasteiger partial charge in [-0.15, -0.1) is 0 Å². The molecule has 2 N–H and O–H groups in total. The van der Waals surface area contributed by atoms with Crippen molar-refractivity contribution < 1.29 is 19.8 Å². The average Bonchev–Trinajstić information content (AvgIpc) is 2.71. The van der Waals surface area contributed by atoms with E-state index in [1.807, 2.05) is 66.7 Å². The Balaban J connectivity index is 1.83. The molecule has 0 aromatic heterocycles. The van der Waals surface area contributed by atoms with Crippen molar-refractivity contribution in [3.63, 3.8) is 0 Å². The van der Waals surface area contributed by atoms with E-state index in [1.54, 1.807) is 19.2 Å². The Kier molecular flexibility index (Phi) is 5.74. The number of hydrogen-bond donors (Lipinski definition) is 2. The zero-order valence-electron chi connectivity index (χ0n) is 14.9. The van der Waals surface area contributed by atoms with Crippen molar-refractivity contribution >= 4 is 6.09 Å². The molecular weight excluding hydrogens is 342 g/mol. The summed E-state index contributed by atoms with van der Waals surface area (Å²) in [5.41, 5.74) is 3.64. The zero-order chi connectivity index (χ0) is 19.2. The summed E-state index contributed by atoms with van der Waals surface area (Å²) in [6.45, 7) is 0. The van der Waals surface area contributed by atoms with Gasteiger partial charge in [-0.3, -0.25) is 5.21 Å². The number of hydroxylamine groups is 2. The Morgan fingerprint density at radius 2 is 1.41 bits per heavy atom. The molecule has 138 valence electrons. The quantitative estimate of drug-likeness (QED) is 0.490. The van der Waals surface area contributed by atoms with Crippen LogP contribution in [0.4, 0.5) is 4.79 Å². The number of rotatable bonds is 6. The standard InChI is InChI=1S/C22H21NO4/c1-27-20-13-9-17(10-14-20)15-16-7-11-19(12-8-16)21(23(26)22(24)25)18-5-3-2-4-6-18/h2-14,21,26H,15H2,1H3,(H,24,25). The van der Waals surface area contributed by atoms with Crippen LogP contribution in [0.5, 0.6) is 5.75 Å². The SMILES string of the molecule is COc1ccc(Cc2ccc(C(c3ccccc3)N(O)C(=O)O)cc2)cc1. The number of methoxy groups -OCH3 is 1. The number of carbonyl (C=O) groups is 1. The van der Waals surface area contributed by atoms with Gasteiger partial charge in [-0.25, -0.2) is 4.79 Å². The van der Waals surface area contributed by atoms with E-state index in [0.29, 0.717) is 16.2 Å². The van der Waals surface area contributed by atoms with Crippen LogP contribution >= 0.6 is 0 Å². The summed E-state index contributed by atoms with van der Waals surface area (Å²) in [5, 5.41) is 19.6. The summed E-state index contributed by atoms with van der Waals surface area (Å²) in [4.78, 5) is 11.3. The first-order valence-electron chi connectivity index (χ1n) is 8.56. The highest BCUT2D eigenvalue weighted by Gasteiger charge is 2.25. The van der Waals surface area contributed by atoms with Gasteiger partial charge >= 0.3 is 6.09 Å². The zero-order valence-corrected chi connectivity index (χ0v) is 14.9. The van der Waals surface area contributed by atoms with Crippen LogP contribution < -0.4 is 4.74 Å². The molecule has 1 atom stereocenters. The highest BCUT2D eigenvalue weighted by molar-refractivity contribution is 5.65. The van der Waals surface area contributed by atoms with Gasteiger partial charge in [0.05, 0.1) is 7.11 Å². The summed E-state index contributed by atoms with van der Waals surface area (Å²) in [7, 11) is 1.64. The highest BCUT2D eigenvalue weighted by Crippen LogP contribution is 2.28. The molecule has 0 saturated carbocycles. The van der Waals surface area contributed by atoms with E-state index < -0.39 is 12.1 Å². The predicted octanol–water partition coefficient (Wildman–Crippen LogP) is 4.74. The van der Waals surface area contributed by atoms with Gasteiger partial charge < -0.3 is 9.84 Å². The van der Waals surface area contributed by atoms with E-state index in [-0.39, 0.29) is 0 Å². The number of hydrogen-bond acceptors (Lipinski definition) is 3. The largest absolute Gasteiger partial charge is 0.497 e. The summed E-state index contributed by atoms with van der Waals surface area (Å²) in [6.07, 6.45) is -0.645. The second kappa shape index (κ2) is 8.38. The normalized spacial score (nSPS) is 11.6. The van der Waals surface area contributed by atoms with Gasteiger partial charge in [0.2, 0.25) is 0 Å². The first kappa shape index (κ1) is 18.5. The van der Waals surface area contributed by atoms with Crippen molar-refractivity contribution in [2.75, 3.05) is 7.11 Å². The van der Waals surface area contributed by atoms with Gasteiger partial charge in [0.15, 0.2) is 0 Å². The molecule has 3 aromatic rings. The minimum atomic E-state index is -1.40. The fourth-order valence-electron chi connectivity index (χ4n) is 3.02. The Morgan fingerprint density at radius 1 is 0.889 bits per heavy atom. The maximum Gasteiger partial charge on any atom is 0.432 e. The van der Waals surface area contributed by atoms with Gasteiger partial charge in [-0.1, -0.05) is 66.7 Å². The van der Waals surface area contributed by atoms with Gasteiger partial charge in [0, 0.05) is 0 Å². The van der Waals surface area contributed by atoms with E-state index >= 15 is 0 Å². The summed E-state index contributed by atoms with van der Waals surface area (Å²) in [5.74, 6) is 0.816. The smallest absolute Gasteiger partial charge is 0.432 e. The molecule has 0 aliphatic carbocycles. The van der Waals surface area contributed by atoms with Crippen molar-refractivity contribution in [3.8, 4) is 5.75 Å². The molecule has 5 heteroatoms. The Morgan fingerprint density at radius 3 is 1.93 bits per heavy atom. The van der Waals surface area contributed by atoms with Crippen LogP contribution in [0.15, 0.2) is 78.9 Å². The van der Waals surface area contributed by atoms with E-state index in [1.165, 1.54) is 0 Å². The van der Waals surface area contributed by atoms with Crippen LogP contribution in [-0.2, 0) is 6.42 Å². The van der Waals surface area contributed by atoms with Crippen LogP contribution in [0, 0.1) is 0 Å². The van der Waals surface area contributed by atoms with E-state index in [4.69, 9.17) is 4.74 Å². The summed E-state index contributed by atoms with van der Waals surface area (Å²) >= 11 is 0. The molecule has 0 radical (unpaired) electrons. The number of nitrogens with zero attached hydrogens (tertiary/aromatic N) is 1. The third-order valence-corrected chi connectivity index (χ3v) is 4.42. The number of carboxylic acid groups (broad SMARTS) is 1. The average molecular weight is 363 g/mol. The molecule has 1 unspecified atom stereocenters. The van der Waals surface area contributed by atoms with E-state index in [9.17, 15) is 15.1 Å². The van der Waals surface area contributed by atoms with Crippen LogP contribution in [0.3, 0.4) is 0 Å². The fraction of sp³-hybridized carbons (Fsp3) is 0.136. The molecule has 0 aliphatic rings. The molecule has 27 heavy (non-hydrogen) atoms. The van der Waals surface area contributed by atoms with Crippen LogP contribution in [0.2, 0.25) is 0 Å². The van der Waals surface area contributed by atoms with Crippen LogP contribution in [0.25, 0.3) is 0 Å². The lowest BCUT2D eigenvalue weighted by molar-refractivity contribution is -0.0869. The van der Waals surface area contributed by atoms with E-state index in [2.05, 4.69) is 0 Å². The summed E-state index contributed by atoms with van der Waals surface area (Å²) in [6, 6.07) is 23.8. The molecule has 0 fully saturated rings. The molecule has 3 rings (SSSR count). The van der Waals surface area contributed by atoms with E-state index in [0.717, 1.165) is 23.3 Å². The third-order valence-electron chi connectivity index (χ3n) is 4.42. The molecule has 5 nitrogen and oxygen atoms in total. The number of benzene rings is 3. The molecule has 0 saturated heterocycles. The molecule has 3 aromatic carbocycles. The summed E-state index contributed by atoms with van der Waals surface area (Å²) < 4.78 is 5.17. The first-order valence-corrected chi connectivity index (χ1v) is 8.56. The van der Waals surface area contributed by atoms with Gasteiger partial charge in [-0.2, -0.15) is 5.06 Å². The van der Waals surface area contributed by atoms with Crippen LogP contribution in [-0.4, -0.2) is 28.6 Å².